The van der Waals surface area contributed by atoms with E-state index >= 15 is 0 Å². The maximum absolute atomic E-state index is 12.3. The second-order valence-corrected chi connectivity index (χ2v) is 7.41. The highest BCUT2D eigenvalue weighted by Crippen LogP contribution is 2.21. The summed E-state index contributed by atoms with van der Waals surface area (Å²) in [6, 6.07) is 17.2. The lowest BCUT2D eigenvalue weighted by Gasteiger charge is -2.11. The van der Waals surface area contributed by atoms with Crippen LogP contribution in [0.2, 0.25) is 0 Å². The zero-order valence-corrected chi connectivity index (χ0v) is 18.0. The average molecular weight is 425 g/mol. The molecule has 0 saturated heterocycles. The Morgan fingerprint density at radius 3 is 2.06 bits per heavy atom. The summed E-state index contributed by atoms with van der Waals surface area (Å²) in [5.41, 5.74) is 5.46. The number of aryl methyl sites for hydroxylation is 3. The third-order valence-electron chi connectivity index (χ3n) is 4.59. The molecule has 8 heteroatoms. The van der Waals surface area contributed by atoms with E-state index in [-0.39, 0.29) is 11.6 Å². The summed E-state index contributed by atoms with van der Waals surface area (Å²) in [5, 5.41) is 9.31. The van der Waals surface area contributed by atoms with Crippen molar-refractivity contribution in [3.05, 3.63) is 89.6 Å². The minimum atomic E-state index is -0.309. The van der Waals surface area contributed by atoms with E-state index in [2.05, 4.69) is 35.9 Å². The largest absolute Gasteiger partial charge is 0.340 e. The van der Waals surface area contributed by atoms with Crippen LogP contribution in [-0.4, -0.2) is 25.8 Å². The van der Waals surface area contributed by atoms with Crippen LogP contribution in [0.25, 0.3) is 0 Å². The summed E-state index contributed by atoms with van der Waals surface area (Å²) in [6.45, 7) is 5.78. The molecule has 1 amide bonds. The van der Waals surface area contributed by atoms with Gasteiger partial charge in [0.2, 0.25) is 5.95 Å². The lowest BCUT2D eigenvalue weighted by atomic mass is 10.2. The van der Waals surface area contributed by atoms with E-state index < -0.39 is 0 Å². The SMILES string of the molecule is Cc1ccc(Nc2nc(C)cc(Nc3ccc(NC(=O)c4cnc(C)cn4)cc3)n2)cc1. The third-order valence-corrected chi connectivity index (χ3v) is 4.59. The highest BCUT2D eigenvalue weighted by molar-refractivity contribution is 6.02. The van der Waals surface area contributed by atoms with E-state index in [1.807, 2.05) is 63.2 Å². The molecule has 160 valence electrons. The van der Waals surface area contributed by atoms with Crippen molar-refractivity contribution >= 4 is 34.7 Å². The van der Waals surface area contributed by atoms with Crippen molar-refractivity contribution in [2.75, 3.05) is 16.0 Å². The predicted molar refractivity (Wildman–Crippen MR) is 126 cm³/mol. The van der Waals surface area contributed by atoms with E-state index in [9.17, 15) is 4.79 Å². The Kier molecular flexibility index (Phi) is 6.03. The number of carbonyl (C=O) groups is 1. The first-order valence-corrected chi connectivity index (χ1v) is 10.1. The topological polar surface area (TPSA) is 105 Å². The van der Waals surface area contributed by atoms with Crippen LogP contribution in [0.15, 0.2) is 67.0 Å². The summed E-state index contributed by atoms with van der Waals surface area (Å²) in [7, 11) is 0. The van der Waals surface area contributed by atoms with Gasteiger partial charge in [0.25, 0.3) is 5.91 Å². The summed E-state index contributed by atoms with van der Waals surface area (Å²) >= 11 is 0. The molecule has 2 aromatic carbocycles. The lowest BCUT2D eigenvalue weighted by Crippen LogP contribution is -2.14. The smallest absolute Gasteiger partial charge is 0.275 e. The highest BCUT2D eigenvalue weighted by Gasteiger charge is 2.08. The zero-order chi connectivity index (χ0) is 22.5. The Morgan fingerprint density at radius 1 is 0.719 bits per heavy atom. The Labute approximate surface area is 186 Å². The molecule has 0 aliphatic heterocycles. The number of hydrogen-bond donors (Lipinski definition) is 3. The van der Waals surface area contributed by atoms with Gasteiger partial charge in [0.15, 0.2) is 0 Å². The fourth-order valence-electron chi connectivity index (χ4n) is 2.94. The molecule has 0 saturated carbocycles. The van der Waals surface area contributed by atoms with Crippen LogP contribution in [0, 0.1) is 20.8 Å². The monoisotopic (exact) mass is 425 g/mol. The molecule has 0 radical (unpaired) electrons. The van der Waals surface area contributed by atoms with Gasteiger partial charge in [-0.05, 0) is 57.2 Å². The first-order chi connectivity index (χ1) is 15.4. The maximum atomic E-state index is 12.3. The number of nitrogens with one attached hydrogen (secondary N) is 3. The van der Waals surface area contributed by atoms with E-state index in [0.717, 1.165) is 22.8 Å². The van der Waals surface area contributed by atoms with E-state index in [4.69, 9.17) is 0 Å². The Balaban J connectivity index is 1.42. The van der Waals surface area contributed by atoms with Gasteiger partial charge < -0.3 is 16.0 Å². The molecule has 0 aliphatic rings. The molecule has 2 heterocycles. The number of rotatable bonds is 6. The zero-order valence-electron chi connectivity index (χ0n) is 18.0. The number of carbonyl (C=O) groups excluding carboxylic acids is 1. The third kappa shape index (κ3) is 5.42. The van der Waals surface area contributed by atoms with E-state index in [1.54, 1.807) is 18.3 Å². The van der Waals surface area contributed by atoms with Crippen molar-refractivity contribution in [2.24, 2.45) is 0 Å². The molecular formula is C24H23N7O. The summed E-state index contributed by atoms with van der Waals surface area (Å²) in [5.74, 6) is 0.870. The first kappa shape index (κ1) is 20.9. The molecule has 0 bridgehead atoms. The number of aromatic nitrogens is 4. The number of hydrogen-bond acceptors (Lipinski definition) is 7. The molecule has 32 heavy (non-hydrogen) atoms. The summed E-state index contributed by atoms with van der Waals surface area (Å²) in [4.78, 5) is 29.5. The molecule has 4 aromatic rings. The molecule has 8 nitrogen and oxygen atoms in total. The van der Waals surface area contributed by atoms with Gasteiger partial charge in [-0.15, -0.1) is 0 Å². The van der Waals surface area contributed by atoms with Gasteiger partial charge in [0.05, 0.1) is 11.9 Å². The normalized spacial score (nSPS) is 10.5. The van der Waals surface area contributed by atoms with Gasteiger partial charge in [-0.3, -0.25) is 9.78 Å². The van der Waals surface area contributed by atoms with Crippen LogP contribution in [0.3, 0.4) is 0 Å². The van der Waals surface area contributed by atoms with E-state index in [1.165, 1.54) is 11.8 Å². The fraction of sp³-hybridized carbons (Fsp3) is 0.125. The molecule has 0 spiro atoms. The second kappa shape index (κ2) is 9.22. The van der Waals surface area contributed by atoms with Gasteiger partial charge >= 0.3 is 0 Å². The van der Waals surface area contributed by atoms with Crippen LogP contribution in [0.1, 0.15) is 27.4 Å². The van der Waals surface area contributed by atoms with Gasteiger partial charge in [-0.2, -0.15) is 4.98 Å². The van der Waals surface area contributed by atoms with Gasteiger partial charge in [0.1, 0.15) is 11.5 Å². The lowest BCUT2D eigenvalue weighted by molar-refractivity contribution is 0.102. The van der Waals surface area contributed by atoms with Crippen molar-refractivity contribution in [3.8, 4) is 0 Å². The fourth-order valence-corrected chi connectivity index (χ4v) is 2.94. The highest BCUT2D eigenvalue weighted by atomic mass is 16.1. The van der Waals surface area contributed by atoms with Crippen molar-refractivity contribution in [2.45, 2.75) is 20.8 Å². The average Bonchev–Trinajstić information content (AvgIpc) is 2.77. The van der Waals surface area contributed by atoms with Gasteiger partial charge in [0, 0.05) is 35.0 Å². The molecule has 2 aromatic heterocycles. The molecular weight excluding hydrogens is 402 g/mol. The van der Waals surface area contributed by atoms with E-state index in [0.29, 0.717) is 17.5 Å². The molecule has 4 rings (SSSR count). The number of nitrogens with zero attached hydrogens (tertiary/aromatic N) is 4. The molecule has 0 unspecified atom stereocenters. The summed E-state index contributed by atoms with van der Waals surface area (Å²) in [6.07, 6.45) is 3.02. The minimum Gasteiger partial charge on any atom is -0.340 e. The Morgan fingerprint density at radius 2 is 1.38 bits per heavy atom. The Hall–Kier alpha value is -4.33. The van der Waals surface area contributed by atoms with Crippen molar-refractivity contribution in [1.82, 2.24) is 19.9 Å². The molecule has 3 N–H and O–H groups in total. The number of amides is 1. The quantitative estimate of drug-likeness (QED) is 0.402. The van der Waals surface area contributed by atoms with Gasteiger partial charge in [-0.25, -0.2) is 9.97 Å². The van der Waals surface area contributed by atoms with Crippen molar-refractivity contribution in [1.29, 1.82) is 0 Å². The number of anilines is 5. The van der Waals surface area contributed by atoms with Crippen molar-refractivity contribution in [3.63, 3.8) is 0 Å². The maximum Gasteiger partial charge on any atom is 0.275 e. The van der Waals surface area contributed by atoms with Gasteiger partial charge in [-0.1, -0.05) is 17.7 Å². The second-order valence-electron chi connectivity index (χ2n) is 7.41. The van der Waals surface area contributed by atoms with Crippen LogP contribution >= 0.6 is 0 Å². The predicted octanol–water partition coefficient (Wildman–Crippen LogP) is 4.93. The molecule has 0 atom stereocenters. The van der Waals surface area contributed by atoms with Crippen LogP contribution in [0.4, 0.5) is 28.8 Å². The number of benzene rings is 2. The van der Waals surface area contributed by atoms with Crippen molar-refractivity contribution < 1.29 is 4.79 Å². The van der Waals surface area contributed by atoms with Crippen LogP contribution in [0.5, 0.6) is 0 Å². The minimum absolute atomic E-state index is 0.267. The van der Waals surface area contributed by atoms with Crippen LogP contribution in [-0.2, 0) is 0 Å². The standard InChI is InChI=1S/C24H23N7O/c1-15-4-6-20(7-5-15)30-24-27-16(2)12-22(31-24)28-18-8-10-19(11-9-18)29-23(32)21-14-25-17(3)13-26-21/h4-14H,1-3H3,(H,29,32)(H2,27,28,30,31). The summed E-state index contributed by atoms with van der Waals surface area (Å²) < 4.78 is 0. The Bertz CT molecular complexity index is 1220. The van der Waals surface area contributed by atoms with Crippen LogP contribution < -0.4 is 16.0 Å². The first-order valence-electron chi connectivity index (χ1n) is 10.1. The molecule has 0 aliphatic carbocycles. The molecule has 0 fully saturated rings.